The molecular formula is C14H19BrClFN2O. The standard InChI is InChI=1S/C14H18BrFN2O.ClH/c1-9-4-11(7-17)8-18(9)14(19)6-10-2-3-13(16)12(15)5-10;/h2-3,5,9,11H,4,6-8,17H2,1H3;1H. The summed E-state index contributed by atoms with van der Waals surface area (Å²) in [5.41, 5.74) is 6.48. The number of carbonyl (C=O) groups is 1. The molecule has 0 bridgehead atoms. The molecule has 20 heavy (non-hydrogen) atoms. The van der Waals surface area contributed by atoms with Crippen molar-refractivity contribution in [3.05, 3.63) is 34.1 Å². The lowest BCUT2D eigenvalue weighted by atomic mass is 10.1. The second kappa shape index (κ2) is 7.38. The SMILES string of the molecule is CC1CC(CN)CN1C(=O)Cc1ccc(F)c(Br)c1.Cl. The molecule has 2 N–H and O–H groups in total. The highest BCUT2D eigenvalue weighted by molar-refractivity contribution is 9.10. The highest BCUT2D eigenvalue weighted by atomic mass is 79.9. The highest BCUT2D eigenvalue weighted by Crippen LogP contribution is 2.24. The number of hydrogen-bond acceptors (Lipinski definition) is 2. The molecule has 1 saturated heterocycles. The van der Waals surface area contributed by atoms with Crippen LogP contribution in [0.3, 0.4) is 0 Å². The Kier molecular flexibility index (Phi) is 6.43. The van der Waals surface area contributed by atoms with E-state index in [-0.39, 0.29) is 30.2 Å². The Bertz CT molecular complexity index is 486. The van der Waals surface area contributed by atoms with Gasteiger partial charge >= 0.3 is 0 Å². The van der Waals surface area contributed by atoms with Crippen LogP contribution in [0.4, 0.5) is 4.39 Å². The first-order valence-corrected chi connectivity index (χ1v) is 7.24. The van der Waals surface area contributed by atoms with Crippen LogP contribution in [0, 0.1) is 11.7 Å². The van der Waals surface area contributed by atoms with Crippen LogP contribution < -0.4 is 5.73 Å². The van der Waals surface area contributed by atoms with Crippen LogP contribution in [0.25, 0.3) is 0 Å². The Morgan fingerprint density at radius 2 is 2.25 bits per heavy atom. The first-order valence-electron chi connectivity index (χ1n) is 6.44. The predicted octanol–water partition coefficient (Wildman–Crippen LogP) is 2.75. The van der Waals surface area contributed by atoms with Gasteiger partial charge in [-0.25, -0.2) is 4.39 Å². The van der Waals surface area contributed by atoms with Gasteiger partial charge in [0.05, 0.1) is 10.9 Å². The number of benzene rings is 1. The molecule has 1 amide bonds. The van der Waals surface area contributed by atoms with Crippen LogP contribution in [0.1, 0.15) is 18.9 Å². The van der Waals surface area contributed by atoms with Crippen LogP contribution in [0.15, 0.2) is 22.7 Å². The summed E-state index contributed by atoms with van der Waals surface area (Å²) in [5.74, 6) is 0.176. The van der Waals surface area contributed by atoms with Crippen molar-refractivity contribution in [2.45, 2.75) is 25.8 Å². The largest absolute Gasteiger partial charge is 0.339 e. The summed E-state index contributed by atoms with van der Waals surface area (Å²) in [6, 6.07) is 4.93. The minimum atomic E-state index is -0.311. The van der Waals surface area contributed by atoms with E-state index in [0.717, 1.165) is 18.5 Å². The molecule has 0 aromatic heterocycles. The summed E-state index contributed by atoms with van der Waals surface area (Å²) in [7, 11) is 0. The average Bonchev–Trinajstić information content (AvgIpc) is 2.75. The Balaban J connectivity index is 0.00000200. The Hall–Kier alpha value is -0.650. The van der Waals surface area contributed by atoms with Crippen molar-refractivity contribution >= 4 is 34.2 Å². The maximum atomic E-state index is 13.1. The van der Waals surface area contributed by atoms with Gasteiger partial charge < -0.3 is 10.6 Å². The molecule has 1 aliphatic rings. The van der Waals surface area contributed by atoms with Crippen LogP contribution in [0.5, 0.6) is 0 Å². The second-order valence-electron chi connectivity index (χ2n) is 5.16. The maximum absolute atomic E-state index is 13.1. The summed E-state index contributed by atoms with van der Waals surface area (Å²) >= 11 is 3.14. The van der Waals surface area contributed by atoms with Gasteiger partial charge in [0, 0.05) is 12.6 Å². The molecule has 0 spiro atoms. The minimum absolute atomic E-state index is 0. The fourth-order valence-electron chi connectivity index (χ4n) is 2.59. The smallest absolute Gasteiger partial charge is 0.227 e. The number of likely N-dealkylation sites (tertiary alicyclic amines) is 1. The van der Waals surface area contributed by atoms with Gasteiger partial charge in [0.1, 0.15) is 5.82 Å². The van der Waals surface area contributed by atoms with Crippen molar-refractivity contribution in [3.8, 4) is 0 Å². The zero-order valence-corrected chi connectivity index (χ0v) is 13.7. The zero-order chi connectivity index (χ0) is 14.0. The predicted molar refractivity (Wildman–Crippen MR) is 83.4 cm³/mol. The van der Waals surface area contributed by atoms with Crippen molar-refractivity contribution < 1.29 is 9.18 Å². The van der Waals surface area contributed by atoms with Crippen molar-refractivity contribution in [1.82, 2.24) is 4.90 Å². The molecule has 0 saturated carbocycles. The molecule has 0 radical (unpaired) electrons. The molecule has 2 atom stereocenters. The van der Waals surface area contributed by atoms with Crippen molar-refractivity contribution in [2.75, 3.05) is 13.1 Å². The molecule has 1 aliphatic heterocycles. The molecule has 6 heteroatoms. The molecule has 1 aromatic carbocycles. The van der Waals surface area contributed by atoms with Gasteiger partial charge in [-0.2, -0.15) is 0 Å². The fraction of sp³-hybridized carbons (Fsp3) is 0.500. The number of amides is 1. The van der Waals surface area contributed by atoms with Crippen LogP contribution in [0.2, 0.25) is 0 Å². The first kappa shape index (κ1) is 17.4. The van der Waals surface area contributed by atoms with Crippen molar-refractivity contribution in [2.24, 2.45) is 11.7 Å². The first-order chi connectivity index (χ1) is 9.01. The molecule has 1 heterocycles. The Morgan fingerprint density at radius 1 is 1.55 bits per heavy atom. The number of nitrogens with zero attached hydrogens (tertiary/aromatic N) is 1. The average molecular weight is 366 g/mol. The van der Waals surface area contributed by atoms with E-state index in [9.17, 15) is 9.18 Å². The van der Waals surface area contributed by atoms with Crippen LogP contribution >= 0.6 is 28.3 Å². The summed E-state index contributed by atoms with van der Waals surface area (Å²) in [4.78, 5) is 14.1. The van der Waals surface area contributed by atoms with E-state index < -0.39 is 0 Å². The van der Waals surface area contributed by atoms with Gasteiger partial charge in [0.25, 0.3) is 0 Å². The monoisotopic (exact) mass is 364 g/mol. The van der Waals surface area contributed by atoms with Crippen molar-refractivity contribution in [3.63, 3.8) is 0 Å². The Labute approximate surface area is 133 Å². The van der Waals surface area contributed by atoms with E-state index in [1.807, 2.05) is 11.8 Å². The van der Waals surface area contributed by atoms with Gasteiger partial charge in [0.15, 0.2) is 0 Å². The third kappa shape index (κ3) is 3.93. The molecule has 0 aliphatic carbocycles. The number of halogens is 3. The molecule has 3 nitrogen and oxygen atoms in total. The summed E-state index contributed by atoms with van der Waals surface area (Å²) in [6.07, 6.45) is 1.27. The van der Waals surface area contributed by atoms with E-state index in [0.29, 0.717) is 23.4 Å². The quantitative estimate of drug-likeness (QED) is 0.895. The maximum Gasteiger partial charge on any atom is 0.227 e. The second-order valence-corrected chi connectivity index (χ2v) is 6.01. The lowest BCUT2D eigenvalue weighted by Gasteiger charge is -2.21. The van der Waals surface area contributed by atoms with Gasteiger partial charge in [-0.15, -0.1) is 12.4 Å². The summed E-state index contributed by atoms with van der Waals surface area (Å²) in [6.45, 7) is 3.41. The Morgan fingerprint density at radius 3 is 2.80 bits per heavy atom. The normalized spacial score (nSPS) is 21.7. The number of rotatable bonds is 3. The number of nitrogens with two attached hydrogens (primary N) is 1. The fourth-order valence-corrected chi connectivity index (χ4v) is 3.01. The van der Waals surface area contributed by atoms with E-state index in [4.69, 9.17) is 5.73 Å². The molecule has 2 unspecified atom stereocenters. The molecule has 112 valence electrons. The molecule has 1 aromatic rings. The topological polar surface area (TPSA) is 46.3 Å². The van der Waals surface area contributed by atoms with E-state index in [2.05, 4.69) is 15.9 Å². The molecule has 2 rings (SSSR count). The van der Waals surface area contributed by atoms with E-state index in [1.165, 1.54) is 6.07 Å². The summed E-state index contributed by atoms with van der Waals surface area (Å²) in [5, 5.41) is 0. The zero-order valence-electron chi connectivity index (χ0n) is 11.3. The van der Waals surface area contributed by atoms with Gasteiger partial charge in [-0.1, -0.05) is 6.07 Å². The van der Waals surface area contributed by atoms with E-state index in [1.54, 1.807) is 12.1 Å². The third-order valence-corrected chi connectivity index (χ3v) is 4.26. The molecule has 1 fully saturated rings. The van der Waals surface area contributed by atoms with E-state index >= 15 is 0 Å². The lowest BCUT2D eigenvalue weighted by Crippen LogP contribution is -2.35. The molecular weight excluding hydrogens is 347 g/mol. The van der Waals surface area contributed by atoms with Crippen LogP contribution in [-0.4, -0.2) is 29.9 Å². The van der Waals surface area contributed by atoms with Gasteiger partial charge in [-0.3, -0.25) is 4.79 Å². The highest BCUT2D eigenvalue weighted by Gasteiger charge is 2.31. The van der Waals surface area contributed by atoms with Crippen molar-refractivity contribution in [1.29, 1.82) is 0 Å². The number of carbonyl (C=O) groups excluding carboxylic acids is 1. The number of hydrogen-bond donors (Lipinski definition) is 1. The summed E-state index contributed by atoms with van der Waals surface area (Å²) < 4.78 is 13.5. The third-order valence-electron chi connectivity index (χ3n) is 3.65. The van der Waals surface area contributed by atoms with Crippen LogP contribution in [-0.2, 0) is 11.2 Å². The lowest BCUT2D eigenvalue weighted by molar-refractivity contribution is -0.131. The van der Waals surface area contributed by atoms with Gasteiger partial charge in [0.2, 0.25) is 5.91 Å². The minimum Gasteiger partial charge on any atom is -0.339 e. The van der Waals surface area contributed by atoms with Gasteiger partial charge in [-0.05, 0) is 59.4 Å².